The van der Waals surface area contributed by atoms with Crippen LogP contribution in [0.25, 0.3) is 23.2 Å². The predicted octanol–water partition coefficient (Wildman–Crippen LogP) is 4.60. The molecule has 0 radical (unpaired) electrons. The number of fused-ring (bicyclic) bond motifs is 1. The molecular formula is C26H32N6O. The molecule has 33 heavy (non-hydrogen) atoms. The predicted molar refractivity (Wildman–Crippen MR) is 133 cm³/mol. The first-order valence-electron chi connectivity index (χ1n) is 12.0. The van der Waals surface area contributed by atoms with Crippen LogP contribution in [0.2, 0.25) is 0 Å². The Balaban J connectivity index is 1.42. The number of hydrogen-bond donors (Lipinski definition) is 2. The third kappa shape index (κ3) is 5.14. The van der Waals surface area contributed by atoms with Crippen molar-refractivity contribution in [1.82, 2.24) is 19.9 Å². The first kappa shape index (κ1) is 21.8. The van der Waals surface area contributed by atoms with Crippen LogP contribution in [0.15, 0.2) is 30.3 Å². The fourth-order valence-electron chi connectivity index (χ4n) is 4.72. The zero-order valence-corrected chi connectivity index (χ0v) is 19.5. The molecule has 5 rings (SSSR count). The summed E-state index contributed by atoms with van der Waals surface area (Å²) in [6.07, 6.45) is 9.77. The molecule has 2 aliphatic rings. The van der Waals surface area contributed by atoms with E-state index in [-0.39, 0.29) is 0 Å². The second-order valence-electron chi connectivity index (χ2n) is 9.60. The maximum Gasteiger partial charge on any atom is 0.156 e. The standard InChI is InChI=1S/C26H32N6O/c1-18-20(29-22-8-4-3-7-21(22)27-18)9-10-23-30-24(17-25(31-23)32-15-5-6-16-32)28-19-11-13-26(2,33)14-12-19/h3-4,7-10,17,19,33H,5-6,11-16H2,1-2H3,(H,28,30,31)/b10-9+. The minimum absolute atomic E-state index is 0.317. The third-order valence-electron chi connectivity index (χ3n) is 6.75. The van der Waals surface area contributed by atoms with Crippen LogP contribution in [0.5, 0.6) is 0 Å². The number of aliphatic hydroxyl groups is 1. The van der Waals surface area contributed by atoms with Crippen LogP contribution in [0.1, 0.15) is 62.7 Å². The number of aryl methyl sites for hydroxylation is 1. The van der Waals surface area contributed by atoms with Crippen LogP contribution in [0.3, 0.4) is 0 Å². The van der Waals surface area contributed by atoms with Gasteiger partial charge in [0, 0.05) is 25.2 Å². The normalized spacial score (nSPS) is 23.5. The molecule has 1 saturated heterocycles. The van der Waals surface area contributed by atoms with Crippen molar-refractivity contribution in [3.05, 3.63) is 47.5 Å². The molecule has 3 aromatic rings. The van der Waals surface area contributed by atoms with Crippen molar-refractivity contribution in [3.63, 3.8) is 0 Å². The molecule has 0 spiro atoms. The van der Waals surface area contributed by atoms with E-state index in [0.29, 0.717) is 11.9 Å². The van der Waals surface area contributed by atoms with E-state index in [1.54, 1.807) is 0 Å². The summed E-state index contributed by atoms with van der Waals surface area (Å²) in [5.74, 6) is 2.48. The Morgan fingerprint density at radius 3 is 2.42 bits per heavy atom. The maximum atomic E-state index is 10.3. The lowest BCUT2D eigenvalue weighted by atomic mass is 9.84. The molecule has 7 heteroatoms. The molecule has 1 aliphatic heterocycles. The van der Waals surface area contributed by atoms with Crippen molar-refractivity contribution in [2.75, 3.05) is 23.3 Å². The Hall–Kier alpha value is -3.06. The molecule has 1 aromatic carbocycles. The third-order valence-corrected chi connectivity index (χ3v) is 6.75. The van der Waals surface area contributed by atoms with Crippen molar-refractivity contribution in [1.29, 1.82) is 0 Å². The van der Waals surface area contributed by atoms with Crippen LogP contribution in [0.4, 0.5) is 11.6 Å². The number of para-hydroxylation sites is 2. The summed E-state index contributed by atoms with van der Waals surface area (Å²) in [7, 11) is 0. The van der Waals surface area contributed by atoms with Gasteiger partial charge in [0.05, 0.1) is 28.0 Å². The van der Waals surface area contributed by atoms with Crippen molar-refractivity contribution in [2.24, 2.45) is 0 Å². The number of hydrogen-bond acceptors (Lipinski definition) is 7. The van der Waals surface area contributed by atoms with Gasteiger partial charge >= 0.3 is 0 Å². The highest BCUT2D eigenvalue weighted by Crippen LogP contribution is 2.30. The molecule has 2 fully saturated rings. The average Bonchev–Trinajstić information content (AvgIpc) is 3.34. The van der Waals surface area contributed by atoms with Gasteiger partial charge in [0.2, 0.25) is 0 Å². The van der Waals surface area contributed by atoms with Gasteiger partial charge in [-0.05, 0) is 76.7 Å². The van der Waals surface area contributed by atoms with Gasteiger partial charge in [-0.3, -0.25) is 0 Å². The van der Waals surface area contributed by atoms with Gasteiger partial charge in [0.15, 0.2) is 5.82 Å². The van der Waals surface area contributed by atoms with Gasteiger partial charge in [0.25, 0.3) is 0 Å². The summed E-state index contributed by atoms with van der Waals surface area (Å²) in [4.78, 5) is 21.4. The molecule has 0 atom stereocenters. The Morgan fingerprint density at radius 1 is 1.00 bits per heavy atom. The van der Waals surface area contributed by atoms with Gasteiger partial charge in [-0.15, -0.1) is 0 Å². The van der Waals surface area contributed by atoms with Gasteiger partial charge in [-0.2, -0.15) is 0 Å². The van der Waals surface area contributed by atoms with Crippen LogP contribution in [-0.2, 0) is 0 Å². The summed E-state index contributed by atoms with van der Waals surface area (Å²) in [5.41, 5.74) is 2.94. The molecule has 3 heterocycles. The average molecular weight is 445 g/mol. The van der Waals surface area contributed by atoms with E-state index in [4.69, 9.17) is 15.0 Å². The van der Waals surface area contributed by atoms with E-state index < -0.39 is 5.60 Å². The largest absolute Gasteiger partial charge is 0.390 e. The molecule has 1 aliphatic carbocycles. The highest BCUT2D eigenvalue weighted by Gasteiger charge is 2.29. The lowest BCUT2D eigenvalue weighted by Gasteiger charge is -2.33. The minimum Gasteiger partial charge on any atom is -0.390 e. The molecule has 0 bridgehead atoms. The number of anilines is 2. The number of benzene rings is 1. The summed E-state index contributed by atoms with van der Waals surface area (Å²) >= 11 is 0. The second kappa shape index (κ2) is 9.06. The SMILES string of the molecule is Cc1nc2ccccc2nc1/C=C/c1nc(NC2CCC(C)(O)CC2)cc(N2CCCC2)n1. The lowest BCUT2D eigenvalue weighted by molar-refractivity contribution is 0.0196. The second-order valence-corrected chi connectivity index (χ2v) is 9.60. The zero-order chi connectivity index (χ0) is 22.8. The quantitative estimate of drug-likeness (QED) is 0.594. The Bertz CT molecular complexity index is 1160. The molecule has 0 unspecified atom stereocenters. The molecule has 0 amide bonds. The van der Waals surface area contributed by atoms with Gasteiger partial charge < -0.3 is 15.3 Å². The van der Waals surface area contributed by atoms with Gasteiger partial charge in [0.1, 0.15) is 11.6 Å². The smallest absolute Gasteiger partial charge is 0.156 e. The van der Waals surface area contributed by atoms with Crippen LogP contribution >= 0.6 is 0 Å². The Kier molecular flexibility index (Phi) is 5.98. The summed E-state index contributed by atoms with van der Waals surface area (Å²) in [6, 6.07) is 10.3. The molecule has 172 valence electrons. The van der Waals surface area contributed by atoms with Crippen molar-refractivity contribution >= 4 is 34.8 Å². The Morgan fingerprint density at radius 2 is 1.70 bits per heavy atom. The number of nitrogens with zero attached hydrogens (tertiary/aromatic N) is 5. The van der Waals surface area contributed by atoms with Crippen LogP contribution < -0.4 is 10.2 Å². The van der Waals surface area contributed by atoms with E-state index in [0.717, 1.165) is 72.8 Å². The first-order valence-corrected chi connectivity index (χ1v) is 12.0. The zero-order valence-electron chi connectivity index (χ0n) is 19.5. The van der Waals surface area contributed by atoms with Crippen LogP contribution in [0, 0.1) is 6.92 Å². The van der Waals surface area contributed by atoms with Gasteiger partial charge in [-0.1, -0.05) is 12.1 Å². The molecule has 1 saturated carbocycles. The highest BCUT2D eigenvalue weighted by molar-refractivity contribution is 5.77. The topological polar surface area (TPSA) is 87.1 Å². The lowest BCUT2D eigenvalue weighted by Crippen LogP contribution is -2.36. The number of nitrogens with one attached hydrogen (secondary N) is 1. The van der Waals surface area contributed by atoms with E-state index in [1.165, 1.54) is 12.8 Å². The molecule has 7 nitrogen and oxygen atoms in total. The number of aromatic nitrogens is 4. The van der Waals surface area contributed by atoms with Crippen molar-refractivity contribution in [2.45, 2.75) is 64.0 Å². The minimum atomic E-state index is -0.544. The summed E-state index contributed by atoms with van der Waals surface area (Å²) in [5, 5.41) is 13.9. The van der Waals surface area contributed by atoms with E-state index >= 15 is 0 Å². The van der Waals surface area contributed by atoms with Crippen molar-refractivity contribution in [3.8, 4) is 0 Å². The van der Waals surface area contributed by atoms with Crippen molar-refractivity contribution < 1.29 is 5.11 Å². The van der Waals surface area contributed by atoms with Crippen LogP contribution in [-0.4, -0.2) is 49.8 Å². The molecular weight excluding hydrogens is 412 g/mol. The monoisotopic (exact) mass is 444 g/mol. The Labute approximate surface area is 195 Å². The number of rotatable bonds is 5. The maximum absolute atomic E-state index is 10.3. The van der Waals surface area contributed by atoms with E-state index in [2.05, 4.69) is 21.3 Å². The fraction of sp³-hybridized carbons (Fsp3) is 0.462. The summed E-state index contributed by atoms with van der Waals surface area (Å²) < 4.78 is 0. The summed E-state index contributed by atoms with van der Waals surface area (Å²) in [6.45, 7) is 5.97. The highest BCUT2D eigenvalue weighted by atomic mass is 16.3. The fourth-order valence-corrected chi connectivity index (χ4v) is 4.72. The first-order chi connectivity index (χ1) is 15.9. The molecule has 2 aromatic heterocycles. The molecule has 2 N–H and O–H groups in total. The van der Waals surface area contributed by atoms with E-state index in [9.17, 15) is 5.11 Å². The van der Waals surface area contributed by atoms with E-state index in [1.807, 2.05) is 50.3 Å². The van der Waals surface area contributed by atoms with Gasteiger partial charge in [-0.25, -0.2) is 19.9 Å².